The minimum Gasteiger partial charge on any atom is -0.496 e. The quantitative estimate of drug-likeness (QED) is 0.850. The molecule has 2 aromatic rings. The van der Waals surface area contributed by atoms with Gasteiger partial charge in [0.1, 0.15) is 5.75 Å². The summed E-state index contributed by atoms with van der Waals surface area (Å²) in [6.45, 7) is 2.96. The lowest BCUT2D eigenvalue weighted by molar-refractivity contribution is 0.388. The normalized spacial score (nSPS) is 12.2. The fourth-order valence-electron chi connectivity index (χ4n) is 2.58. The molecule has 0 saturated heterocycles. The number of methoxy groups -OCH3 is 2. The van der Waals surface area contributed by atoms with Gasteiger partial charge in [-0.2, -0.15) is 5.10 Å². The second kappa shape index (κ2) is 7.13. The zero-order valence-electron chi connectivity index (χ0n) is 13.1. The third kappa shape index (κ3) is 3.36. The molecule has 1 N–H and O–H groups in total. The largest absolute Gasteiger partial charge is 0.496 e. The van der Waals surface area contributed by atoms with E-state index in [0.717, 1.165) is 35.7 Å². The molecule has 0 spiro atoms. The monoisotopic (exact) mass is 289 g/mol. The van der Waals surface area contributed by atoms with Gasteiger partial charge < -0.3 is 14.8 Å². The maximum absolute atomic E-state index is 5.45. The van der Waals surface area contributed by atoms with Crippen LogP contribution in [0.4, 0.5) is 0 Å². The molecule has 1 atom stereocenters. The fraction of sp³-hybridized carbons (Fsp3) is 0.438. The van der Waals surface area contributed by atoms with Crippen LogP contribution in [-0.4, -0.2) is 30.5 Å². The van der Waals surface area contributed by atoms with E-state index in [1.54, 1.807) is 20.4 Å². The Hall–Kier alpha value is -2.01. The van der Waals surface area contributed by atoms with Crippen LogP contribution < -0.4 is 14.8 Å². The second-order valence-electron chi connectivity index (χ2n) is 4.85. The van der Waals surface area contributed by atoms with E-state index < -0.39 is 0 Å². The Morgan fingerprint density at radius 2 is 1.90 bits per heavy atom. The average Bonchev–Trinajstić information content (AvgIpc) is 2.88. The standard InChI is InChI=1S/C16H23N3O2/c1-5-17-13(16-15(21-4)11-18-19(16)2)10-12-8-6-7-9-14(12)20-3/h6-9,11,13,17H,5,10H2,1-4H3. The molecule has 0 aliphatic carbocycles. The summed E-state index contributed by atoms with van der Waals surface area (Å²) in [4.78, 5) is 0. The van der Waals surface area contributed by atoms with Crippen molar-refractivity contribution in [3.05, 3.63) is 41.7 Å². The first-order valence-corrected chi connectivity index (χ1v) is 7.12. The second-order valence-corrected chi connectivity index (χ2v) is 4.85. The van der Waals surface area contributed by atoms with Crippen LogP contribution in [0.25, 0.3) is 0 Å². The van der Waals surface area contributed by atoms with Crippen molar-refractivity contribution >= 4 is 0 Å². The summed E-state index contributed by atoms with van der Waals surface area (Å²) in [5.41, 5.74) is 2.21. The van der Waals surface area contributed by atoms with Crippen LogP contribution in [0.2, 0.25) is 0 Å². The van der Waals surface area contributed by atoms with Gasteiger partial charge in [-0.25, -0.2) is 0 Å². The molecule has 0 aliphatic rings. The highest BCUT2D eigenvalue weighted by Crippen LogP contribution is 2.29. The molecule has 0 fully saturated rings. The first kappa shape index (κ1) is 15.4. The van der Waals surface area contributed by atoms with Crippen molar-refractivity contribution in [3.8, 4) is 11.5 Å². The van der Waals surface area contributed by atoms with Gasteiger partial charge in [-0.15, -0.1) is 0 Å². The first-order chi connectivity index (χ1) is 10.2. The Labute approximate surface area is 125 Å². The van der Waals surface area contributed by atoms with Crippen molar-refractivity contribution in [2.45, 2.75) is 19.4 Å². The fourth-order valence-corrected chi connectivity index (χ4v) is 2.58. The summed E-state index contributed by atoms with van der Waals surface area (Å²) in [6.07, 6.45) is 2.57. The number of hydrogen-bond acceptors (Lipinski definition) is 4. The molecule has 0 radical (unpaired) electrons. The van der Waals surface area contributed by atoms with E-state index in [1.807, 2.05) is 29.9 Å². The lowest BCUT2D eigenvalue weighted by Gasteiger charge is -2.20. The molecule has 114 valence electrons. The summed E-state index contributed by atoms with van der Waals surface area (Å²) in [5.74, 6) is 1.71. The Kier molecular flexibility index (Phi) is 5.22. The van der Waals surface area contributed by atoms with Gasteiger partial charge in [-0.3, -0.25) is 4.68 Å². The molecule has 0 amide bonds. The highest BCUT2D eigenvalue weighted by molar-refractivity contribution is 5.36. The van der Waals surface area contributed by atoms with Gasteiger partial charge in [-0.1, -0.05) is 25.1 Å². The molecule has 5 nitrogen and oxygen atoms in total. The number of aryl methyl sites for hydroxylation is 1. The number of aromatic nitrogens is 2. The number of rotatable bonds is 7. The van der Waals surface area contributed by atoms with Crippen molar-refractivity contribution in [2.24, 2.45) is 7.05 Å². The van der Waals surface area contributed by atoms with Crippen molar-refractivity contribution in [3.63, 3.8) is 0 Å². The van der Waals surface area contributed by atoms with Crippen molar-refractivity contribution < 1.29 is 9.47 Å². The van der Waals surface area contributed by atoms with Crippen LogP contribution in [0, 0.1) is 0 Å². The van der Waals surface area contributed by atoms with Crippen LogP contribution in [-0.2, 0) is 13.5 Å². The molecule has 1 heterocycles. The van der Waals surface area contributed by atoms with Gasteiger partial charge in [-0.05, 0) is 24.6 Å². The zero-order chi connectivity index (χ0) is 15.2. The molecule has 0 aliphatic heterocycles. The van der Waals surface area contributed by atoms with E-state index in [4.69, 9.17) is 9.47 Å². The van der Waals surface area contributed by atoms with E-state index in [1.165, 1.54) is 0 Å². The SMILES string of the molecule is CCNC(Cc1ccccc1OC)c1c(OC)cnn1C. The smallest absolute Gasteiger partial charge is 0.161 e. The zero-order valence-corrected chi connectivity index (χ0v) is 13.1. The van der Waals surface area contributed by atoms with Crippen LogP contribution in [0.1, 0.15) is 24.2 Å². The third-order valence-corrected chi connectivity index (χ3v) is 3.57. The van der Waals surface area contributed by atoms with E-state index in [0.29, 0.717) is 0 Å². The minimum atomic E-state index is 0.119. The number of nitrogens with zero attached hydrogens (tertiary/aromatic N) is 2. The average molecular weight is 289 g/mol. The summed E-state index contributed by atoms with van der Waals surface area (Å²) in [7, 11) is 5.31. The maximum Gasteiger partial charge on any atom is 0.161 e. The molecule has 1 aromatic heterocycles. The number of ether oxygens (including phenoxy) is 2. The van der Waals surface area contributed by atoms with Crippen LogP contribution >= 0.6 is 0 Å². The van der Waals surface area contributed by atoms with E-state index in [9.17, 15) is 0 Å². The molecule has 2 rings (SSSR count). The molecule has 1 aromatic carbocycles. The molecule has 5 heteroatoms. The van der Waals surface area contributed by atoms with Gasteiger partial charge in [0, 0.05) is 7.05 Å². The molecule has 0 bridgehead atoms. The third-order valence-electron chi connectivity index (χ3n) is 3.57. The van der Waals surface area contributed by atoms with Gasteiger partial charge in [0.25, 0.3) is 0 Å². The predicted octanol–water partition coefficient (Wildman–Crippen LogP) is 2.33. The van der Waals surface area contributed by atoms with Gasteiger partial charge in [0.2, 0.25) is 0 Å². The maximum atomic E-state index is 5.45. The molecular formula is C16H23N3O2. The summed E-state index contributed by atoms with van der Waals surface area (Å²) >= 11 is 0. The summed E-state index contributed by atoms with van der Waals surface area (Å²) in [6, 6.07) is 8.20. The van der Waals surface area contributed by atoms with E-state index in [2.05, 4.69) is 23.4 Å². The minimum absolute atomic E-state index is 0.119. The van der Waals surface area contributed by atoms with Crippen molar-refractivity contribution in [2.75, 3.05) is 20.8 Å². The van der Waals surface area contributed by atoms with Gasteiger partial charge >= 0.3 is 0 Å². The molecule has 0 saturated carbocycles. The number of para-hydroxylation sites is 1. The van der Waals surface area contributed by atoms with Crippen LogP contribution in [0.3, 0.4) is 0 Å². The van der Waals surface area contributed by atoms with Crippen LogP contribution in [0.15, 0.2) is 30.5 Å². The van der Waals surface area contributed by atoms with Crippen LogP contribution in [0.5, 0.6) is 11.5 Å². The Morgan fingerprint density at radius 3 is 2.57 bits per heavy atom. The lowest BCUT2D eigenvalue weighted by Crippen LogP contribution is -2.25. The highest BCUT2D eigenvalue weighted by atomic mass is 16.5. The predicted molar refractivity (Wildman–Crippen MR) is 82.9 cm³/mol. The number of nitrogens with one attached hydrogen (secondary N) is 1. The number of benzene rings is 1. The summed E-state index contributed by atoms with van der Waals surface area (Å²) < 4.78 is 12.7. The Bertz CT molecular complexity index is 581. The highest BCUT2D eigenvalue weighted by Gasteiger charge is 2.21. The number of likely N-dealkylation sites (N-methyl/N-ethyl adjacent to an activating group) is 1. The van der Waals surface area contributed by atoms with Gasteiger partial charge in [0.05, 0.1) is 32.2 Å². The van der Waals surface area contributed by atoms with Crippen molar-refractivity contribution in [1.29, 1.82) is 0 Å². The summed E-state index contributed by atoms with van der Waals surface area (Å²) in [5, 5.41) is 7.80. The van der Waals surface area contributed by atoms with Gasteiger partial charge in [0.15, 0.2) is 5.75 Å². The Morgan fingerprint density at radius 1 is 1.19 bits per heavy atom. The van der Waals surface area contributed by atoms with E-state index in [-0.39, 0.29) is 6.04 Å². The number of hydrogen-bond donors (Lipinski definition) is 1. The van der Waals surface area contributed by atoms with Crippen molar-refractivity contribution in [1.82, 2.24) is 15.1 Å². The molecular weight excluding hydrogens is 266 g/mol. The lowest BCUT2D eigenvalue weighted by atomic mass is 10.0. The van der Waals surface area contributed by atoms with E-state index >= 15 is 0 Å². The first-order valence-electron chi connectivity index (χ1n) is 7.12. The Balaban J connectivity index is 2.33. The molecule has 1 unspecified atom stereocenters. The molecule has 21 heavy (non-hydrogen) atoms. The topological polar surface area (TPSA) is 48.3 Å².